The van der Waals surface area contributed by atoms with Gasteiger partial charge in [0.15, 0.2) is 0 Å². The molecular weight excluding hydrogens is 232 g/mol. The summed E-state index contributed by atoms with van der Waals surface area (Å²) in [5.41, 5.74) is 0.523. The van der Waals surface area contributed by atoms with Crippen LogP contribution in [-0.4, -0.2) is 40.7 Å². The van der Waals surface area contributed by atoms with E-state index in [0.29, 0.717) is 18.7 Å². The van der Waals surface area contributed by atoms with Gasteiger partial charge in [0.2, 0.25) is 0 Å². The van der Waals surface area contributed by atoms with Gasteiger partial charge in [-0.15, -0.1) is 0 Å². The van der Waals surface area contributed by atoms with Crippen LogP contribution >= 0.6 is 0 Å². The number of nitrogens with one attached hydrogen (secondary N) is 1. The van der Waals surface area contributed by atoms with Crippen molar-refractivity contribution in [3.63, 3.8) is 0 Å². The van der Waals surface area contributed by atoms with Gasteiger partial charge in [-0.3, -0.25) is 9.36 Å². The van der Waals surface area contributed by atoms with Crippen LogP contribution in [0.15, 0.2) is 37.1 Å². The topological polar surface area (TPSA) is 69.0 Å². The fourth-order valence-electron chi connectivity index (χ4n) is 1.44. The fourth-order valence-corrected chi connectivity index (χ4v) is 1.44. The minimum Gasteiger partial charge on any atom is -0.383 e. The number of carbonyl (C=O) groups excluding carboxylic acids is 1. The van der Waals surface area contributed by atoms with Crippen molar-refractivity contribution < 1.29 is 9.53 Å². The smallest absolute Gasteiger partial charge is 0.252 e. The van der Waals surface area contributed by atoms with Crippen molar-refractivity contribution in [1.29, 1.82) is 0 Å². The normalized spacial score (nSPS) is 10.3. The van der Waals surface area contributed by atoms with Crippen molar-refractivity contribution in [3.05, 3.63) is 42.6 Å². The molecule has 0 fully saturated rings. The van der Waals surface area contributed by atoms with Gasteiger partial charge < -0.3 is 10.1 Å². The van der Waals surface area contributed by atoms with Crippen LogP contribution in [0.5, 0.6) is 0 Å². The maximum absolute atomic E-state index is 11.7. The quantitative estimate of drug-likeness (QED) is 0.786. The highest BCUT2D eigenvalue weighted by Crippen LogP contribution is 2.05. The first-order valence-corrected chi connectivity index (χ1v) is 5.53. The molecule has 2 aromatic rings. The van der Waals surface area contributed by atoms with Crippen LogP contribution in [0.25, 0.3) is 5.82 Å². The van der Waals surface area contributed by atoms with Gasteiger partial charge in [0.25, 0.3) is 5.91 Å². The minimum absolute atomic E-state index is 0.156. The third-order valence-corrected chi connectivity index (χ3v) is 2.37. The number of methoxy groups -OCH3 is 1. The zero-order chi connectivity index (χ0) is 12.8. The predicted molar refractivity (Wildman–Crippen MR) is 65.6 cm³/mol. The second kappa shape index (κ2) is 5.92. The van der Waals surface area contributed by atoms with Gasteiger partial charge in [-0.25, -0.2) is 9.97 Å². The minimum atomic E-state index is -0.156. The zero-order valence-electron chi connectivity index (χ0n) is 10.0. The largest absolute Gasteiger partial charge is 0.383 e. The van der Waals surface area contributed by atoms with Crippen molar-refractivity contribution in [2.45, 2.75) is 0 Å². The van der Waals surface area contributed by atoms with E-state index in [1.54, 1.807) is 42.5 Å². The maximum Gasteiger partial charge on any atom is 0.252 e. The molecule has 2 rings (SSSR count). The number of ether oxygens (including phenoxy) is 1. The Labute approximate surface area is 105 Å². The van der Waals surface area contributed by atoms with E-state index in [1.807, 2.05) is 0 Å². The lowest BCUT2D eigenvalue weighted by molar-refractivity contribution is 0.0937. The van der Waals surface area contributed by atoms with E-state index >= 15 is 0 Å². The van der Waals surface area contributed by atoms with E-state index in [-0.39, 0.29) is 5.91 Å². The lowest BCUT2D eigenvalue weighted by Crippen LogP contribution is -2.27. The molecule has 94 valence electrons. The summed E-state index contributed by atoms with van der Waals surface area (Å²) in [6.45, 7) is 0.977. The summed E-state index contributed by atoms with van der Waals surface area (Å²) in [5, 5.41) is 2.73. The number of carbonyl (C=O) groups is 1. The number of amides is 1. The Hall–Kier alpha value is -2.21. The summed E-state index contributed by atoms with van der Waals surface area (Å²) >= 11 is 0. The second-order valence-corrected chi connectivity index (χ2v) is 3.62. The van der Waals surface area contributed by atoms with E-state index in [1.165, 1.54) is 6.20 Å². The molecule has 0 bridgehead atoms. The number of imidazole rings is 1. The molecule has 0 radical (unpaired) electrons. The third kappa shape index (κ3) is 2.92. The Bertz CT molecular complexity index is 493. The van der Waals surface area contributed by atoms with Crippen LogP contribution in [-0.2, 0) is 4.74 Å². The number of nitrogens with zero attached hydrogens (tertiary/aromatic N) is 3. The molecule has 1 amide bonds. The van der Waals surface area contributed by atoms with Crippen LogP contribution in [0.1, 0.15) is 10.4 Å². The van der Waals surface area contributed by atoms with Crippen molar-refractivity contribution in [2.75, 3.05) is 20.3 Å². The Morgan fingerprint density at radius 2 is 2.39 bits per heavy atom. The van der Waals surface area contributed by atoms with Crippen LogP contribution in [0.4, 0.5) is 0 Å². The van der Waals surface area contributed by atoms with E-state index < -0.39 is 0 Å². The number of rotatable bonds is 5. The molecule has 0 saturated carbocycles. The van der Waals surface area contributed by atoms with E-state index in [9.17, 15) is 4.79 Å². The highest BCUT2D eigenvalue weighted by molar-refractivity contribution is 5.93. The molecule has 0 spiro atoms. The summed E-state index contributed by atoms with van der Waals surface area (Å²) in [6, 6.07) is 3.50. The molecule has 0 saturated heterocycles. The van der Waals surface area contributed by atoms with Crippen molar-refractivity contribution >= 4 is 5.91 Å². The molecule has 2 aromatic heterocycles. The molecule has 18 heavy (non-hydrogen) atoms. The number of pyridine rings is 1. The molecular formula is C12H14N4O2. The monoisotopic (exact) mass is 246 g/mol. The molecule has 0 unspecified atom stereocenters. The van der Waals surface area contributed by atoms with Gasteiger partial charge in [-0.1, -0.05) is 0 Å². The summed E-state index contributed by atoms with van der Waals surface area (Å²) in [6.07, 6.45) is 6.66. The molecule has 0 aliphatic rings. The van der Waals surface area contributed by atoms with Crippen molar-refractivity contribution in [2.24, 2.45) is 0 Å². The number of aromatic nitrogens is 3. The predicted octanol–water partition coefficient (Wildman–Crippen LogP) is 0.643. The van der Waals surface area contributed by atoms with E-state index in [2.05, 4.69) is 15.3 Å². The molecule has 6 nitrogen and oxygen atoms in total. The molecule has 0 aliphatic heterocycles. The molecule has 2 heterocycles. The fraction of sp³-hybridized carbons (Fsp3) is 0.250. The summed E-state index contributed by atoms with van der Waals surface area (Å²) in [4.78, 5) is 19.8. The van der Waals surface area contributed by atoms with E-state index in [0.717, 1.165) is 5.82 Å². The SMILES string of the molecule is COCCNC(=O)c1ccc(-n2ccnc2)nc1. The lowest BCUT2D eigenvalue weighted by Gasteiger charge is -2.05. The van der Waals surface area contributed by atoms with Crippen LogP contribution in [0.2, 0.25) is 0 Å². The Kier molecular flexibility index (Phi) is 4.03. The first-order chi connectivity index (χ1) is 8.81. The lowest BCUT2D eigenvalue weighted by atomic mass is 10.2. The van der Waals surface area contributed by atoms with Gasteiger partial charge in [0.05, 0.1) is 12.2 Å². The van der Waals surface area contributed by atoms with E-state index in [4.69, 9.17) is 4.74 Å². The van der Waals surface area contributed by atoms with Crippen molar-refractivity contribution in [1.82, 2.24) is 19.9 Å². The van der Waals surface area contributed by atoms with Gasteiger partial charge in [0, 0.05) is 32.2 Å². The second-order valence-electron chi connectivity index (χ2n) is 3.62. The van der Waals surface area contributed by atoms with Crippen LogP contribution in [0.3, 0.4) is 0 Å². The summed E-state index contributed by atoms with van der Waals surface area (Å²) in [5.74, 6) is 0.567. The standard InChI is InChI=1S/C12H14N4O2/c1-18-7-5-14-12(17)10-2-3-11(15-8-10)16-6-4-13-9-16/h2-4,6,8-9H,5,7H2,1H3,(H,14,17). The van der Waals surface area contributed by atoms with Crippen LogP contribution in [0, 0.1) is 0 Å². The number of hydrogen-bond donors (Lipinski definition) is 1. The zero-order valence-corrected chi connectivity index (χ0v) is 10.0. The average molecular weight is 246 g/mol. The summed E-state index contributed by atoms with van der Waals surface area (Å²) < 4.78 is 6.63. The molecule has 0 aromatic carbocycles. The first kappa shape index (κ1) is 12.3. The summed E-state index contributed by atoms with van der Waals surface area (Å²) in [7, 11) is 1.59. The highest BCUT2D eigenvalue weighted by Gasteiger charge is 2.05. The van der Waals surface area contributed by atoms with Gasteiger partial charge in [-0.2, -0.15) is 0 Å². The van der Waals surface area contributed by atoms with Gasteiger partial charge in [0.1, 0.15) is 12.1 Å². The van der Waals surface area contributed by atoms with Crippen molar-refractivity contribution in [3.8, 4) is 5.82 Å². The Morgan fingerprint density at radius 3 is 3.00 bits per heavy atom. The highest BCUT2D eigenvalue weighted by atomic mass is 16.5. The molecule has 0 atom stereocenters. The van der Waals surface area contributed by atoms with Gasteiger partial charge >= 0.3 is 0 Å². The average Bonchev–Trinajstić information content (AvgIpc) is 2.93. The Balaban J connectivity index is 2.01. The molecule has 6 heteroatoms. The Morgan fingerprint density at radius 1 is 1.50 bits per heavy atom. The first-order valence-electron chi connectivity index (χ1n) is 5.53. The molecule has 1 N–H and O–H groups in total. The number of hydrogen-bond acceptors (Lipinski definition) is 4. The third-order valence-electron chi connectivity index (χ3n) is 2.37. The maximum atomic E-state index is 11.7. The van der Waals surface area contributed by atoms with Gasteiger partial charge in [-0.05, 0) is 12.1 Å². The van der Waals surface area contributed by atoms with Crippen LogP contribution < -0.4 is 5.32 Å². The molecule has 0 aliphatic carbocycles.